The summed E-state index contributed by atoms with van der Waals surface area (Å²) < 4.78 is 6.64. The number of nitro groups is 1. The molecule has 0 amide bonds. The molecule has 0 spiro atoms. The Labute approximate surface area is 158 Å². The van der Waals surface area contributed by atoms with E-state index in [1.807, 2.05) is 6.07 Å². The summed E-state index contributed by atoms with van der Waals surface area (Å²) in [6.07, 6.45) is 1.30. The van der Waals surface area contributed by atoms with Gasteiger partial charge in [0.05, 0.1) is 23.8 Å². The number of benzene rings is 2. The fourth-order valence-corrected chi connectivity index (χ4v) is 3.09. The number of ether oxygens (including phenoxy) is 1. The van der Waals surface area contributed by atoms with Crippen LogP contribution in [0.2, 0.25) is 0 Å². The van der Waals surface area contributed by atoms with E-state index in [1.165, 1.54) is 22.9 Å². The van der Waals surface area contributed by atoms with Gasteiger partial charge in [0.2, 0.25) is 5.16 Å². The van der Waals surface area contributed by atoms with Crippen LogP contribution in [-0.2, 0) is 0 Å². The van der Waals surface area contributed by atoms with Crippen molar-refractivity contribution in [3.05, 3.63) is 70.3 Å². The lowest BCUT2D eigenvalue weighted by atomic mass is 10.2. The first kappa shape index (κ1) is 18.1. The average molecular weight is 380 g/mol. The third-order valence-electron chi connectivity index (χ3n) is 3.50. The zero-order chi connectivity index (χ0) is 19.2. The molecule has 0 unspecified atom stereocenters. The Balaban J connectivity index is 1.94. The lowest BCUT2D eigenvalue weighted by molar-refractivity contribution is -0.384. The SMILES string of the molecule is COc1ccc(-n2nnnc2S/C(=C\C#N)c2cccc([N+](=O)[O-])c2)cc1. The second-order valence-electron chi connectivity index (χ2n) is 5.12. The van der Waals surface area contributed by atoms with Crippen molar-refractivity contribution < 1.29 is 9.66 Å². The molecule has 134 valence electrons. The number of hydrogen-bond acceptors (Lipinski definition) is 8. The van der Waals surface area contributed by atoms with E-state index in [0.29, 0.717) is 27.1 Å². The molecule has 0 saturated heterocycles. The number of rotatable bonds is 6. The van der Waals surface area contributed by atoms with Crippen molar-refractivity contribution in [1.82, 2.24) is 20.2 Å². The smallest absolute Gasteiger partial charge is 0.270 e. The maximum atomic E-state index is 11.0. The summed E-state index contributed by atoms with van der Waals surface area (Å²) in [5.74, 6) is 0.697. The third-order valence-corrected chi connectivity index (χ3v) is 4.51. The molecule has 0 fully saturated rings. The average Bonchev–Trinajstić information content (AvgIpc) is 3.16. The second kappa shape index (κ2) is 8.11. The number of thioether (sulfide) groups is 1. The van der Waals surface area contributed by atoms with Gasteiger partial charge in [0.1, 0.15) is 5.75 Å². The third kappa shape index (κ3) is 4.10. The monoisotopic (exact) mass is 380 g/mol. The molecule has 0 aliphatic rings. The Bertz CT molecular complexity index is 1040. The van der Waals surface area contributed by atoms with E-state index >= 15 is 0 Å². The Morgan fingerprint density at radius 2 is 2.11 bits per heavy atom. The normalized spacial score (nSPS) is 11.0. The zero-order valence-electron chi connectivity index (χ0n) is 14.0. The second-order valence-corrected chi connectivity index (χ2v) is 6.13. The lowest BCUT2D eigenvalue weighted by Crippen LogP contribution is -1.99. The minimum atomic E-state index is -0.487. The molecule has 2 aromatic carbocycles. The Morgan fingerprint density at radius 1 is 1.33 bits per heavy atom. The van der Waals surface area contributed by atoms with Crippen LogP contribution in [0, 0.1) is 21.4 Å². The molecule has 27 heavy (non-hydrogen) atoms. The zero-order valence-corrected chi connectivity index (χ0v) is 14.8. The molecule has 0 aliphatic heterocycles. The molecule has 3 aromatic rings. The van der Waals surface area contributed by atoms with E-state index in [-0.39, 0.29) is 5.69 Å². The number of hydrogen-bond donors (Lipinski definition) is 0. The van der Waals surface area contributed by atoms with Gasteiger partial charge in [-0.15, -0.1) is 5.10 Å². The molecule has 3 rings (SSSR count). The van der Waals surface area contributed by atoms with Crippen LogP contribution in [0.4, 0.5) is 5.69 Å². The molecular formula is C17H12N6O3S. The van der Waals surface area contributed by atoms with Crippen LogP contribution in [-0.4, -0.2) is 32.2 Å². The van der Waals surface area contributed by atoms with Crippen LogP contribution in [0.5, 0.6) is 5.75 Å². The van der Waals surface area contributed by atoms with Gasteiger partial charge >= 0.3 is 0 Å². The summed E-state index contributed by atoms with van der Waals surface area (Å²) in [5.41, 5.74) is 1.17. The van der Waals surface area contributed by atoms with Gasteiger partial charge in [-0.1, -0.05) is 12.1 Å². The summed E-state index contributed by atoms with van der Waals surface area (Å²) in [6.45, 7) is 0. The van der Waals surface area contributed by atoms with Crippen molar-refractivity contribution in [3.8, 4) is 17.5 Å². The number of nitriles is 1. The van der Waals surface area contributed by atoms with Crippen molar-refractivity contribution in [3.63, 3.8) is 0 Å². The molecule has 0 bridgehead atoms. The molecule has 9 nitrogen and oxygen atoms in total. The van der Waals surface area contributed by atoms with Gasteiger partial charge < -0.3 is 4.74 Å². The summed E-state index contributed by atoms with van der Waals surface area (Å²) in [5, 5.41) is 32.2. The van der Waals surface area contributed by atoms with E-state index in [1.54, 1.807) is 43.5 Å². The fourth-order valence-electron chi connectivity index (χ4n) is 2.23. The molecule has 0 atom stereocenters. The molecule has 10 heteroatoms. The molecule has 0 saturated carbocycles. The van der Waals surface area contributed by atoms with E-state index in [4.69, 9.17) is 10.00 Å². The van der Waals surface area contributed by atoms with Crippen LogP contribution >= 0.6 is 11.8 Å². The minimum absolute atomic E-state index is 0.0633. The summed E-state index contributed by atoms with van der Waals surface area (Å²) >= 11 is 1.14. The highest BCUT2D eigenvalue weighted by Gasteiger charge is 2.15. The summed E-state index contributed by atoms with van der Waals surface area (Å²) in [6, 6.07) is 15.1. The van der Waals surface area contributed by atoms with Crippen molar-refractivity contribution in [2.24, 2.45) is 0 Å². The van der Waals surface area contributed by atoms with Crippen LogP contribution in [0.1, 0.15) is 5.56 Å². The van der Waals surface area contributed by atoms with Gasteiger partial charge in [0.15, 0.2) is 0 Å². The quantitative estimate of drug-likeness (QED) is 0.277. The highest BCUT2D eigenvalue weighted by atomic mass is 32.2. The maximum Gasteiger partial charge on any atom is 0.270 e. The number of methoxy groups -OCH3 is 1. The van der Waals surface area contributed by atoms with Gasteiger partial charge in [-0.25, -0.2) is 0 Å². The fraction of sp³-hybridized carbons (Fsp3) is 0.0588. The molecule has 1 aromatic heterocycles. The Kier molecular flexibility index (Phi) is 5.44. The van der Waals surface area contributed by atoms with Gasteiger partial charge in [0.25, 0.3) is 5.69 Å². The van der Waals surface area contributed by atoms with E-state index < -0.39 is 4.92 Å². The predicted octanol–water partition coefficient (Wildman–Crippen LogP) is 3.24. The lowest BCUT2D eigenvalue weighted by Gasteiger charge is -2.07. The topological polar surface area (TPSA) is 120 Å². The van der Waals surface area contributed by atoms with E-state index in [9.17, 15) is 10.1 Å². The number of allylic oxidation sites excluding steroid dienone is 1. The standard InChI is InChI=1S/C17H12N6O3S/c1-26-15-7-5-13(6-8-15)22-17(19-20-21-22)27-16(9-10-18)12-3-2-4-14(11-12)23(24)25/h2-9,11H,1H3/b16-9-. The Hall–Kier alpha value is -3.71. The Morgan fingerprint density at radius 3 is 2.78 bits per heavy atom. The maximum absolute atomic E-state index is 11.0. The van der Waals surface area contributed by atoms with Crippen LogP contribution < -0.4 is 4.74 Å². The number of non-ortho nitro benzene ring substituents is 1. The first-order valence-corrected chi connectivity index (χ1v) is 8.39. The van der Waals surface area contributed by atoms with Crippen LogP contribution in [0.25, 0.3) is 10.6 Å². The van der Waals surface area contributed by atoms with E-state index in [2.05, 4.69) is 15.5 Å². The molecule has 0 aliphatic carbocycles. The summed E-state index contributed by atoms with van der Waals surface area (Å²) in [4.78, 5) is 11.0. The predicted molar refractivity (Wildman–Crippen MR) is 98.2 cm³/mol. The first-order valence-electron chi connectivity index (χ1n) is 7.57. The van der Waals surface area contributed by atoms with E-state index in [0.717, 1.165) is 11.8 Å². The minimum Gasteiger partial charge on any atom is -0.497 e. The molecular weight excluding hydrogens is 368 g/mol. The van der Waals surface area contributed by atoms with Crippen molar-refractivity contribution in [1.29, 1.82) is 5.26 Å². The number of nitrogens with zero attached hydrogens (tertiary/aromatic N) is 6. The van der Waals surface area contributed by atoms with Gasteiger partial charge in [-0.3, -0.25) is 10.1 Å². The largest absolute Gasteiger partial charge is 0.497 e. The van der Waals surface area contributed by atoms with Crippen molar-refractivity contribution >= 4 is 22.4 Å². The van der Waals surface area contributed by atoms with Crippen molar-refractivity contribution in [2.45, 2.75) is 5.16 Å². The molecule has 1 heterocycles. The number of aromatic nitrogens is 4. The highest BCUT2D eigenvalue weighted by molar-refractivity contribution is 8.08. The van der Waals surface area contributed by atoms with Gasteiger partial charge in [-0.2, -0.15) is 9.94 Å². The summed E-state index contributed by atoms with van der Waals surface area (Å²) in [7, 11) is 1.57. The number of nitro benzene ring substituents is 1. The number of tetrazole rings is 1. The molecule has 0 N–H and O–H groups in total. The van der Waals surface area contributed by atoms with Crippen molar-refractivity contribution in [2.75, 3.05) is 7.11 Å². The van der Waals surface area contributed by atoms with Gasteiger partial charge in [-0.05, 0) is 52.0 Å². The van der Waals surface area contributed by atoms with Crippen LogP contribution in [0.3, 0.4) is 0 Å². The van der Waals surface area contributed by atoms with Gasteiger partial charge in [0, 0.05) is 23.1 Å². The first-order chi connectivity index (χ1) is 13.1. The van der Waals surface area contributed by atoms with Crippen LogP contribution in [0.15, 0.2) is 59.8 Å². The highest BCUT2D eigenvalue weighted by Crippen LogP contribution is 2.34. The molecule has 0 radical (unpaired) electrons.